The Kier molecular flexibility index (Phi) is 5.13. The average Bonchev–Trinajstić information content (AvgIpc) is 2.80. The van der Waals surface area contributed by atoms with Crippen molar-refractivity contribution >= 4 is 11.6 Å². The SMILES string of the molecule is CCCN1CCC(N)C1c1ccc(OC)c(OC)c1Cl. The summed E-state index contributed by atoms with van der Waals surface area (Å²) in [7, 11) is 3.21. The fourth-order valence-corrected chi connectivity index (χ4v) is 3.33. The van der Waals surface area contributed by atoms with Gasteiger partial charge in [0.1, 0.15) is 0 Å². The van der Waals surface area contributed by atoms with Crippen LogP contribution in [0.25, 0.3) is 0 Å². The molecule has 20 heavy (non-hydrogen) atoms. The van der Waals surface area contributed by atoms with Crippen molar-refractivity contribution in [2.45, 2.75) is 31.8 Å². The monoisotopic (exact) mass is 298 g/mol. The van der Waals surface area contributed by atoms with Gasteiger partial charge < -0.3 is 15.2 Å². The van der Waals surface area contributed by atoms with Gasteiger partial charge in [0.25, 0.3) is 0 Å². The van der Waals surface area contributed by atoms with Crippen molar-refractivity contribution in [2.24, 2.45) is 5.73 Å². The van der Waals surface area contributed by atoms with E-state index in [2.05, 4.69) is 11.8 Å². The van der Waals surface area contributed by atoms with E-state index in [0.717, 1.165) is 31.5 Å². The largest absolute Gasteiger partial charge is 0.493 e. The van der Waals surface area contributed by atoms with Crippen LogP contribution in [0.1, 0.15) is 31.4 Å². The molecule has 0 bridgehead atoms. The predicted octanol–water partition coefficient (Wildman–Crippen LogP) is 2.84. The smallest absolute Gasteiger partial charge is 0.179 e. The first-order valence-corrected chi connectivity index (χ1v) is 7.41. The Hall–Kier alpha value is -0.970. The zero-order chi connectivity index (χ0) is 14.7. The van der Waals surface area contributed by atoms with Crippen molar-refractivity contribution in [1.82, 2.24) is 4.90 Å². The first kappa shape index (κ1) is 15.4. The second kappa shape index (κ2) is 6.66. The molecule has 0 aromatic heterocycles. The maximum atomic E-state index is 6.52. The molecule has 2 atom stereocenters. The Labute approximate surface area is 125 Å². The summed E-state index contributed by atoms with van der Waals surface area (Å²) in [6.07, 6.45) is 2.10. The van der Waals surface area contributed by atoms with Gasteiger partial charge in [0.05, 0.1) is 25.3 Å². The molecular formula is C15H23ClN2O2. The Morgan fingerprint density at radius 3 is 2.70 bits per heavy atom. The summed E-state index contributed by atoms with van der Waals surface area (Å²) in [5.74, 6) is 1.23. The van der Waals surface area contributed by atoms with Crippen LogP contribution in [-0.2, 0) is 0 Å². The van der Waals surface area contributed by atoms with E-state index in [1.165, 1.54) is 0 Å². The van der Waals surface area contributed by atoms with Crippen LogP contribution in [0.2, 0.25) is 5.02 Å². The number of nitrogens with zero attached hydrogens (tertiary/aromatic N) is 1. The Bertz CT molecular complexity index is 465. The summed E-state index contributed by atoms with van der Waals surface area (Å²) in [5, 5.41) is 0.607. The highest BCUT2D eigenvalue weighted by molar-refractivity contribution is 6.33. The molecule has 2 rings (SSSR count). The molecule has 5 heteroatoms. The number of benzene rings is 1. The molecule has 0 amide bonds. The third-order valence-electron chi connectivity index (χ3n) is 3.89. The van der Waals surface area contributed by atoms with Gasteiger partial charge >= 0.3 is 0 Å². The Morgan fingerprint density at radius 1 is 1.35 bits per heavy atom. The molecule has 1 aliphatic rings. The summed E-state index contributed by atoms with van der Waals surface area (Å²) < 4.78 is 10.7. The fourth-order valence-electron chi connectivity index (χ4n) is 2.98. The molecule has 1 saturated heterocycles. The van der Waals surface area contributed by atoms with Gasteiger partial charge in [-0.05, 0) is 31.0 Å². The van der Waals surface area contributed by atoms with Gasteiger partial charge in [-0.15, -0.1) is 0 Å². The second-order valence-corrected chi connectivity index (χ2v) is 5.52. The van der Waals surface area contributed by atoms with Crippen LogP contribution in [0.15, 0.2) is 12.1 Å². The lowest BCUT2D eigenvalue weighted by molar-refractivity contribution is 0.247. The standard InChI is InChI=1S/C15H23ClN2O2/c1-4-8-18-9-7-11(17)14(18)10-5-6-12(19-2)15(20-3)13(10)16/h5-6,11,14H,4,7-9,17H2,1-3H3. The lowest BCUT2D eigenvalue weighted by Gasteiger charge is -2.28. The van der Waals surface area contributed by atoms with Gasteiger partial charge in [-0.3, -0.25) is 4.90 Å². The zero-order valence-electron chi connectivity index (χ0n) is 12.4. The number of hydrogen-bond acceptors (Lipinski definition) is 4. The van der Waals surface area contributed by atoms with E-state index in [9.17, 15) is 0 Å². The minimum atomic E-state index is 0.108. The van der Waals surface area contributed by atoms with Gasteiger partial charge in [-0.1, -0.05) is 24.6 Å². The molecule has 1 aromatic carbocycles. The number of nitrogens with two attached hydrogens (primary N) is 1. The van der Waals surface area contributed by atoms with E-state index >= 15 is 0 Å². The lowest BCUT2D eigenvalue weighted by atomic mass is 10.00. The summed E-state index contributed by atoms with van der Waals surface area (Å²) in [5.41, 5.74) is 7.32. The molecule has 2 unspecified atom stereocenters. The molecule has 0 aliphatic carbocycles. The van der Waals surface area contributed by atoms with Crippen LogP contribution >= 0.6 is 11.6 Å². The second-order valence-electron chi connectivity index (χ2n) is 5.14. The van der Waals surface area contributed by atoms with Crippen molar-refractivity contribution < 1.29 is 9.47 Å². The van der Waals surface area contributed by atoms with Crippen LogP contribution in [0.5, 0.6) is 11.5 Å². The molecule has 1 aliphatic heterocycles. The van der Waals surface area contributed by atoms with Crippen molar-refractivity contribution in [3.63, 3.8) is 0 Å². The molecular weight excluding hydrogens is 276 g/mol. The highest BCUT2D eigenvalue weighted by Gasteiger charge is 2.34. The number of likely N-dealkylation sites (tertiary alicyclic amines) is 1. The van der Waals surface area contributed by atoms with E-state index in [4.69, 9.17) is 26.8 Å². The molecule has 0 radical (unpaired) electrons. The highest BCUT2D eigenvalue weighted by atomic mass is 35.5. The summed E-state index contributed by atoms with van der Waals surface area (Å²) >= 11 is 6.52. The molecule has 1 aromatic rings. The van der Waals surface area contributed by atoms with Crippen molar-refractivity contribution in [3.05, 3.63) is 22.7 Å². The summed E-state index contributed by atoms with van der Waals surface area (Å²) in [6.45, 7) is 4.23. The normalized spacial score (nSPS) is 23.1. The molecule has 1 heterocycles. The number of hydrogen-bond donors (Lipinski definition) is 1. The molecule has 1 fully saturated rings. The van der Waals surface area contributed by atoms with Gasteiger partial charge in [-0.25, -0.2) is 0 Å². The lowest BCUT2D eigenvalue weighted by Crippen LogP contribution is -2.32. The van der Waals surface area contributed by atoms with Gasteiger partial charge in [0.15, 0.2) is 11.5 Å². The van der Waals surface area contributed by atoms with E-state index in [1.54, 1.807) is 14.2 Å². The fraction of sp³-hybridized carbons (Fsp3) is 0.600. The number of methoxy groups -OCH3 is 2. The van der Waals surface area contributed by atoms with Crippen LogP contribution in [0, 0.1) is 0 Å². The number of halogens is 1. The maximum Gasteiger partial charge on any atom is 0.179 e. The van der Waals surface area contributed by atoms with Crippen LogP contribution in [-0.4, -0.2) is 38.3 Å². The van der Waals surface area contributed by atoms with Gasteiger partial charge in [-0.2, -0.15) is 0 Å². The van der Waals surface area contributed by atoms with Crippen molar-refractivity contribution in [2.75, 3.05) is 27.3 Å². The van der Waals surface area contributed by atoms with E-state index < -0.39 is 0 Å². The first-order valence-electron chi connectivity index (χ1n) is 7.04. The number of rotatable bonds is 5. The van der Waals surface area contributed by atoms with E-state index in [-0.39, 0.29) is 12.1 Å². The summed E-state index contributed by atoms with van der Waals surface area (Å²) in [6, 6.07) is 4.16. The Balaban J connectivity index is 2.40. The molecule has 4 nitrogen and oxygen atoms in total. The average molecular weight is 299 g/mol. The van der Waals surface area contributed by atoms with E-state index in [0.29, 0.717) is 16.5 Å². The molecule has 2 N–H and O–H groups in total. The van der Waals surface area contributed by atoms with Crippen LogP contribution < -0.4 is 15.2 Å². The van der Waals surface area contributed by atoms with Crippen molar-refractivity contribution in [1.29, 1.82) is 0 Å². The minimum absolute atomic E-state index is 0.108. The minimum Gasteiger partial charge on any atom is -0.493 e. The van der Waals surface area contributed by atoms with Crippen molar-refractivity contribution in [3.8, 4) is 11.5 Å². The quantitative estimate of drug-likeness (QED) is 0.908. The van der Waals surface area contributed by atoms with E-state index in [1.807, 2.05) is 12.1 Å². The third kappa shape index (κ3) is 2.73. The Morgan fingerprint density at radius 2 is 2.10 bits per heavy atom. The predicted molar refractivity (Wildman–Crippen MR) is 81.8 cm³/mol. The summed E-state index contributed by atoms with van der Waals surface area (Å²) in [4.78, 5) is 2.40. The van der Waals surface area contributed by atoms with Crippen LogP contribution in [0.3, 0.4) is 0 Å². The topological polar surface area (TPSA) is 47.7 Å². The molecule has 112 valence electrons. The third-order valence-corrected chi connectivity index (χ3v) is 4.28. The van der Waals surface area contributed by atoms with Gasteiger partial charge in [0, 0.05) is 12.6 Å². The molecule has 0 spiro atoms. The van der Waals surface area contributed by atoms with Gasteiger partial charge in [0.2, 0.25) is 0 Å². The zero-order valence-corrected chi connectivity index (χ0v) is 13.1. The first-order chi connectivity index (χ1) is 9.63. The molecule has 0 saturated carbocycles. The highest BCUT2D eigenvalue weighted by Crippen LogP contribution is 2.43. The van der Waals surface area contributed by atoms with Crippen LogP contribution in [0.4, 0.5) is 0 Å². The number of ether oxygens (including phenoxy) is 2. The maximum absolute atomic E-state index is 6.52.